The molecule has 2 aromatic rings. The number of rotatable bonds is 8. The molecule has 1 saturated heterocycles. The molecule has 1 fully saturated rings. The lowest BCUT2D eigenvalue weighted by Gasteiger charge is -2.47. The number of allylic oxidation sites excluding steroid dienone is 1. The zero-order chi connectivity index (χ0) is 22.0. The molecule has 170 valence electrons. The number of aromatic nitrogens is 1. The van der Waals surface area contributed by atoms with Gasteiger partial charge >= 0.3 is 0 Å². The molecule has 0 aliphatic carbocycles. The Balaban J connectivity index is 1.27. The minimum Gasteiger partial charge on any atom is -0.348 e. The minimum atomic E-state index is 0.292. The molecular formula is C26H40N4S. The van der Waals surface area contributed by atoms with Crippen LogP contribution in [0.15, 0.2) is 35.2 Å². The van der Waals surface area contributed by atoms with Gasteiger partial charge in [-0.25, -0.2) is 0 Å². The topological polar surface area (TPSA) is 14.7 Å². The summed E-state index contributed by atoms with van der Waals surface area (Å²) in [7, 11) is 9.02. The third-order valence-electron chi connectivity index (χ3n) is 7.68. The fourth-order valence-corrected chi connectivity index (χ4v) is 6.86. The Hall–Kier alpha value is -1.27. The van der Waals surface area contributed by atoms with Crippen molar-refractivity contribution in [3.8, 4) is 0 Å². The van der Waals surface area contributed by atoms with Crippen LogP contribution in [0.2, 0.25) is 0 Å². The molecule has 4 nitrogen and oxygen atoms in total. The van der Waals surface area contributed by atoms with E-state index in [1.807, 2.05) is 0 Å². The van der Waals surface area contributed by atoms with Crippen molar-refractivity contribution in [3.63, 3.8) is 0 Å². The van der Waals surface area contributed by atoms with E-state index < -0.39 is 0 Å². The smallest absolute Gasteiger partial charge is 0.0535 e. The van der Waals surface area contributed by atoms with E-state index in [4.69, 9.17) is 0 Å². The van der Waals surface area contributed by atoms with Crippen LogP contribution in [-0.2, 0) is 13.6 Å². The monoisotopic (exact) mass is 440 g/mol. The van der Waals surface area contributed by atoms with Crippen LogP contribution < -0.4 is 0 Å². The highest BCUT2D eigenvalue weighted by Crippen LogP contribution is 2.43. The van der Waals surface area contributed by atoms with E-state index in [-0.39, 0.29) is 0 Å². The molecule has 2 aliphatic rings. The van der Waals surface area contributed by atoms with Crippen molar-refractivity contribution in [2.75, 3.05) is 53.1 Å². The van der Waals surface area contributed by atoms with Gasteiger partial charge in [-0.1, -0.05) is 24.3 Å². The van der Waals surface area contributed by atoms with Crippen LogP contribution in [0, 0.1) is 6.92 Å². The summed E-state index contributed by atoms with van der Waals surface area (Å²) >= 11 is 2.10. The fraction of sp³-hybridized carbons (Fsp3) is 0.615. The van der Waals surface area contributed by atoms with Crippen LogP contribution in [0.4, 0.5) is 0 Å². The largest absolute Gasteiger partial charge is 0.348 e. The van der Waals surface area contributed by atoms with E-state index in [1.165, 1.54) is 73.2 Å². The summed E-state index contributed by atoms with van der Waals surface area (Å²) in [5.74, 6) is 1.27. The zero-order valence-corrected chi connectivity index (χ0v) is 21.0. The van der Waals surface area contributed by atoms with Gasteiger partial charge in [0.25, 0.3) is 0 Å². The van der Waals surface area contributed by atoms with Gasteiger partial charge < -0.3 is 14.4 Å². The molecule has 1 aromatic carbocycles. The number of hydrogen-bond acceptors (Lipinski definition) is 4. The van der Waals surface area contributed by atoms with Gasteiger partial charge in [-0.2, -0.15) is 0 Å². The van der Waals surface area contributed by atoms with Gasteiger partial charge in [0.2, 0.25) is 0 Å². The number of aryl methyl sites for hydroxylation is 1. The molecule has 0 N–H and O–H groups in total. The number of nitrogens with zero attached hydrogens (tertiary/aromatic N) is 4. The SMILES string of the molecule is Cc1c(CN(C)CCCN2CCC(C3=CCCS3)(N(C)C)CC2)c2ccccc2n1C. The summed E-state index contributed by atoms with van der Waals surface area (Å²) in [5, 5.41) is 1.41. The summed E-state index contributed by atoms with van der Waals surface area (Å²) < 4.78 is 2.33. The number of para-hydroxylation sites is 1. The van der Waals surface area contributed by atoms with Crippen molar-refractivity contribution in [2.45, 2.75) is 44.7 Å². The van der Waals surface area contributed by atoms with Crippen LogP contribution >= 0.6 is 11.8 Å². The molecular weight excluding hydrogens is 400 g/mol. The summed E-state index contributed by atoms with van der Waals surface area (Å²) in [6.07, 6.45) is 7.53. The maximum Gasteiger partial charge on any atom is 0.0535 e. The van der Waals surface area contributed by atoms with Gasteiger partial charge in [0, 0.05) is 53.9 Å². The van der Waals surface area contributed by atoms with E-state index in [0.717, 1.165) is 13.1 Å². The quantitative estimate of drug-likeness (QED) is 0.589. The highest BCUT2D eigenvalue weighted by molar-refractivity contribution is 8.03. The number of fused-ring (bicyclic) bond motifs is 1. The highest BCUT2D eigenvalue weighted by Gasteiger charge is 2.40. The Morgan fingerprint density at radius 3 is 2.52 bits per heavy atom. The Morgan fingerprint density at radius 2 is 1.84 bits per heavy atom. The summed E-state index contributed by atoms with van der Waals surface area (Å²) in [4.78, 5) is 9.33. The maximum absolute atomic E-state index is 2.69. The van der Waals surface area contributed by atoms with Crippen LogP contribution in [0.25, 0.3) is 10.9 Å². The summed E-state index contributed by atoms with van der Waals surface area (Å²) in [6.45, 7) is 8.10. The van der Waals surface area contributed by atoms with Crippen molar-refractivity contribution in [1.82, 2.24) is 19.3 Å². The Labute approximate surface area is 193 Å². The average Bonchev–Trinajstić information content (AvgIpc) is 3.39. The second-order valence-electron chi connectivity index (χ2n) is 9.70. The molecule has 5 heteroatoms. The lowest BCUT2D eigenvalue weighted by Crippen LogP contribution is -2.53. The highest BCUT2D eigenvalue weighted by atomic mass is 32.2. The standard InChI is InChI=1S/C26H40N4S/c1-21-23(22-10-6-7-11-24(22)29(21)5)20-28(4)15-9-16-30-17-13-26(14-18-30,27(2)3)25-12-8-19-31-25/h6-7,10-12H,8-9,13-20H2,1-5H3. The van der Waals surface area contributed by atoms with Gasteiger partial charge in [-0.15, -0.1) is 11.8 Å². The first-order valence-corrected chi connectivity index (χ1v) is 12.9. The van der Waals surface area contributed by atoms with Gasteiger partial charge in [0.05, 0.1) is 5.54 Å². The Bertz CT molecular complexity index is 921. The molecule has 0 saturated carbocycles. The van der Waals surface area contributed by atoms with E-state index in [1.54, 1.807) is 4.91 Å². The van der Waals surface area contributed by atoms with Crippen LogP contribution in [0.1, 0.15) is 36.9 Å². The first-order chi connectivity index (χ1) is 14.9. The van der Waals surface area contributed by atoms with E-state index in [0.29, 0.717) is 5.54 Å². The molecule has 31 heavy (non-hydrogen) atoms. The van der Waals surface area contributed by atoms with Crippen molar-refractivity contribution in [2.24, 2.45) is 7.05 Å². The number of thioether (sulfide) groups is 1. The molecule has 4 rings (SSSR count). The molecule has 0 amide bonds. The fourth-order valence-electron chi connectivity index (χ4n) is 5.51. The molecule has 0 bridgehead atoms. The van der Waals surface area contributed by atoms with E-state index in [2.05, 4.69) is 96.5 Å². The third kappa shape index (κ3) is 4.61. The molecule has 2 aliphatic heterocycles. The van der Waals surface area contributed by atoms with Crippen LogP contribution in [0.5, 0.6) is 0 Å². The van der Waals surface area contributed by atoms with Crippen LogP contribution in [0.3, 0.4) is 0 Å². The predicted octanol–water partition coefficient (Wildman–Crippen LogP) is 4.73. The van der Waals surface area contributed by atoms with Gasteiger partial charge in [0.1, 0.15) is 0 Å². The predicted molar refractivity (Wildman–Crippen MR) is 136 cm³/mol. The third-order valence-corrected chi connectivity index (χ3v) is 8.97. The molecule has 0 radical (unpaired) electrons. The minimum absolute atomic E-state index is 0.292. The first-order valence-electron chi connectivity index (χ1n) is 11.9. The molecule has 1 aromatic heterocycles. The molecule has 3 heterocycles. The van der Waals surface area contributed by atoms with Gasteiger partial charge in [-0.3, -0.25) is 4.90 Å². The Morgan fingerprint density at radius 1 is 1.10 bits per heavy atom. The number of benzene rings is 1. The van der Waals surface area contributed by atoms with Crippen molar-refractivity contribution in [3.05, 3.63) is 46.5 Å². The van der Waals surface area contributed by atoms with Gasteiger partial charge in [-0.05, 0) is 78.5 Å². The van der Waals surface area contributed by atoms with E-state index in [9.17, 15) is 0 Å². The van der Waals surface area contributed by atoms with Gasteiger partial charge in [0.15, 0.2) is 0 Å². The number of likely N-dealkylation sites (N-methyl/N-ethyl adjacent to an activating group) is 1. The van der Waals surface area contributed by atoms with Crippen molar-refractivity contribution >= 4 is 22.7 Å². The Kier molecular flexibility index (Phi) is 7.17. The molecule has 0 atom stereocenters. The number of likely N-dealkylation sites (tertiary alicyclic amines) is 1. The maximum atomic E-state index is 2.69. The van der Waals surface area contributed by atoms with E-state index >= 15 is 0 Å². The lowest BCUT2D eigenvalue weighted by molar-refractivity contribution is 0.0879. The number of piperidine rings is 1. The van der Waals surface area contributed by atoms with Crippen LogP contribution in [-0.4, -0.2) is 77.9 Å². The summed E-state index contributed by atoms with van der Waals surface area (Å²) in [6, 6.07) is 8.81. The normalized spacial score (nSPS) is 19.6. The second-order valence-corrected chi connectivity index (χ2v) is 10.8. The second kappa shape index (κ2) is 9.70. The number of hydrogen-bond donors (Lipinski definition) is 0. The summed E-state index contributed by atoms with van der Waals surface area (Å²) in [5.41, 5.74) is 4.51. The van der Waals surface area contributed by atoms with Crippen molar-refractivity contribution in [1.29, 1.82) is 0 Å². The zero-order valence-electron chi connectivity index (χ0n) is 20.2. The molecule has 0 unspecified atom stereocenters. The van der Waals surface area contributed by atoms with Crippen molar-refractivity contribution < 1.29 is 0 Å². The first kappa shape index (κ1) is 22.9. The average molecular weight is 441 g/mol. The lowest BCUT2D eigenvalue weighted by atomic mass is 9.85. The molecule has 0 spiro atoms.